The number of aryl methyl sites for hydroxylation is 1. The van der Waals surface area contributed by atoms with Crippen LogP contribution in [0.25, 0.3) is 0 Å². The Morgan fingerprint density at radius 3 is 2.94 bits per heavy atom. The molecule has 0 atom stereocenters. The molecule has 0 bridgehead atoms. The number of rotatable bonds is 1. The molecule has 0 aliphatic carbocycles. The largest absolute Gasteiger partial charge is 0.354 e. The van der Waals surface area contributed by atoms with Gasteiger partial charge in [-0.05, 0) is 12.1 Å². The van der Waals surface area contributed by atoms with E-state index in [1.165, 1.54) is 0 Å². The molecule has 0 spiro atoms. The molecule has 1 aliphatic rings. The molecular weight excluding hydrogens is 206 g/mol. The van der Waals surface area contributed by atoms with Gasteiger partial charge < -0.3 is 14.8 Å². The van der Waals surface area contributed by atoms with Gasteiger partial charge in [-0.15, -0.1) is 0 Å². The van der Waals surface area contributed by atoms with E-state index in [0.717, 1.165) is 0 Å². The zero-order valence-electron chi connectivity index (χ0n) is 9.27. The first-order chi connectivity index (χ1) is 7.68. The third kappa shape index (κ3) is 2.08. The lowest BCUT2D eigenvalue weighted by Crippen LogP contribution is -2.35. The lowest BCUT2D eigenvalue weighted by Gasteiger charge is -2.19. The van der Waals surface area contributed by atoms with Gasteiger partial charge in [0.25, 0.3) is 5.91 Å². The summed E-state index contributed by atoms with van der Waals surface area (Å²) >= 11 is 0. The van der Waals surface area contributed by atoms with Crippen LogP contribution in [0, 0.1) is 0 Å². The monoisotopic (exact) mass is 221 g/mol. The first kappa shape index (κ1) is 10.7. The number of amides is 2. The fraction of sp³-hybridized carbons (Fsp3) is 0.455. The van der Waals surface area contributed by atoms with Crippen molar-refractivity contribution in [2.75, 3.05) is 19.6 Å². The van der Waals surface area contributed by atoms with Gasteiger partial charge in [0.2, 0.25) is 5.91 Å². The van der Waals surface area contributed by atoms with Crippen molar-refractivity contribution < 1.29 is 9.59 Å². The summed E-state index contributed by atoms with van der Waals surface area (Å²) in [5, 5.41) is 2.75. The van der Waals surface area contributed by atoms with Crippen molar-refractivity contribution in [1.29, 1.82) is 0 Å². The fourth-order valence-corrected chi connectivity index (χ4v) is 1.82. The van der Waals surface area contributed by atoms with Crippen LogP contribution < -0.4 is 5.32 Å². The molecular formula is C11H15N3O2. The fourth-order valence-electron chi connectivity index (χ4n) is 1.82. The van der Waals surface area contributed by atoms with E-state index < -0.39 is 0 Å². The molecule has 2 heterocycles. The molecule has 1 N–H and O–H groups in total. The van der Waals surface area contributed by atoms with Gasteiger partial charge in [0, 0.05) is 39.3 Å². The molecule has 0 unspecified atom stereocenters. The number of nitrogens with one attached hydrogen (secondary N) is 1. The molecule has 1 aromatic heterocycles. The second-order valence-corrected chi connectivity index (χ2v) is 3.90. The van der Waals surface area contributed by atoms with Crippen LogP contribution in [0.15, 0.2) is 18.3 Å². The summed E-state index contributed by atoms with van der Waals surface area (Å²) in [4.78, 5) is 25.0. The van der Waals surface area contributed by atoms with E-state index in [0.29, 0.717) is 31.7 Å². The van der Waals surface area contributed by atoms with Crippen molar-refractivity contribution in [3.8, 4) is 0 Å². The number of hydrogen-bond donors (Lipinski definition) is 1. The zero-order valence-corrected chi connectivity index (χ0v) is 9.27. The maximum atomic E-state index is 12.1. The van der Waals surface area contributed by atoms with Gasteiger partial charge in [0.1, 0.15) is 5.69 Å². The topological polar surface area (TPSA) is 54.3 Å². The van der Waals surface area contributed by atoms with Gasteiger partial charge >= 0.3 is 0 Å². The Morgan fingerprint density at radius 2 is 2.25 bits per heavy atom. The van der Waals surface area contributed by atoms with Crippen molar-refractivity contribution in [3.05, 3.63) is 24.0 Å². The highest BCUT2D eigenvalue weighted by molar-refractivity contribution is 5.93. The predicted octanol–water partition coefficient (Wildman–Crippen LogP) is -0.0128. The Kier molecular flexibility index (Phi) is 2.94. The lowest BCUT2D eigenvalue weighted by molar-refractivity contribution is -0.120. The number of aromatic nitrogens is 1. The summed E-state index contributed by atoms with van der Waals surface area (Å²) in [5.74, 6) is 0.00572. The van der Waals surface area contributed by atoms with Crippen LogP contribution in [0.1, 0.15) is 16.9 Å². The van der Waals surface area contributed by atoms with Gasteiger partial charge in [-0.25, -0.2) is 0 Å². The Labute approximate surface area is 94.0 Å². The van der Waals surface area contributed by atoms with Crippen molar-refractivity contribution >= 4 is 11.8 Å². The van der Waals surface area contributed by atoms with Gasteiger partial charge in [-0.1, -0.05) is 0 Å². The Morgan fingerprint density at radius 1 is 1.44 bits per heavy atom. The maximum absolute atomic E-state index is 12.1. The smallest absolute Gasteiger partial charge is 0.270 e. The quantitative estimate of drug-likeness (QED) is 0.725. The number of nitrogens with zero attached hydrogens (tertiary/aromatic N) is 2. The van der Waals surface area contributed by atoms with Crippen LogP contribution in [0.5, 0.6) is 0 Å². The van der Waals surface area contributed by atoms with Crippen LogP contribution in [0.3, 0.4) is 0 Å². The van der Waals surface area contributed by atoms with E-state index >= 15 is 0 Å². The second-order valence-electron chi connectivity index (χ2n) is 3.90. The number of carbonyl (C=O) groups is 2. The molecule has 5 heteroatoms. The number of carbonyl (C=O) groups excluding carboxylic acids is 2. The minimum absolute atomic E-state index is 0.0102. The number of hydrogen-bond acceptors (Lipinski definition) is 2. The van der Waals surface area contributed by atoms with Gasteiger partial charge in [0.05, 0.1) is 0 Å². The van der Waals surface area contributed by atoms with Gasteiger partial charge in [-0.3, -0.25) is 9.59 Å². The minimum atomic E-state index is -0.0102. The molecule has 1 aromatic rings. The highest BCUT2D eigenvalue weighted by Gasteiger charge is 2.20. The summed E-state index contributed by atoms with van der Waals surface area (Å²) in [7, 11) is 1.84. The Bertz CT molecular complexity index is 411. The van der Waals surface area contributed by atoms with Crippen molar-refractivity contribution in [3.63, 3.8) is 0 Å². The van der Waals surface area contributed by atoms with Crippen LogP contribution in [0.4, 0.5) is 0 Å². The Hall–Kier alpha value is -1.78. The van der Waals surface area contributed by atoms with Crippen molar-refractivity contribution in [2.45, 2.75) is 6.42 Å². The van der Waals surface area contributed by atoms with Crippen LogP contribution >= 0.6 is 0 Å². The molecule has 0 radical (unpaired) electrons. The van der Waals surface area contributed by atoms with E-state index in [4.69, 9.17) is 0 Å². The molecule has 0 aromatic carbocycles. The molecule has 2 rings (SSSR count). The van der Waals surface area contributed by atoms with Gasteiger partial charge in [0.15, 0.2) is 0 Å². The molecule has 0 saturated carbocycles. The average Bonchev–Trinajstić information content (AvgIpc) is 2.56. The molecule has 5 nitrogen and oxygen atoms in total. The van der Waals surface area contributed by atoms with E-state index in [2.05, 4.69) is 5.32 Å². The van der Waals surface area contributed by atoms with Gasteiger partial charge in [-0.2, -0.15) is 0 Å². The molecule has 1 aliphatic heterocycles. The highest BCUT2D eigenvalue weighted by Crippen LogP contribution is 2.07. The molecule has 2 amide bonds. The van der Waals surface area contributed by atoms with Crippen LogP contribution in [-0.2, 0) is 11.8 Å². The van der Waals surface area contributed by atoms with Crippen LogP contribution in [0.2, 0.25) is 0 Å². The molecule has 16 heavy (non-hydrogen) atoms. The van der Waals surface area contributed by atoms with E-state index in [9.17, 15) is 9.59 Å². The second kappa shape index (κ2) is 4.38. The normalized spacial score (nSPS) is 16.8. The maximum Gasteiger partial charge on any atom is 0.270 e. The third-order valence-electron chi connectivity index (χ3n) is 2.76. The van der Waals surface area contributed by atoms with Crippen molar-refractivity contribution in [1.82, 2.24) is 14.8 Å². The summed E-state index contributed by atoms with van der Waals surface area (Å²) in [6.45, 7) is 1.61. The first-order valence-electron chi connectivity index (χ1n) is 5.36. The molecule has 1 saturated heterocycles. The SMILES string of the molecule is Cn1cccc1C(=O)N1CCNC(=O)CC1. The lowest BCUT2D eigenvalue weighted by atomic mass is 10.3. The summed E-state index contributed by atoms with van der Waals surface area (Å²) < 4.78 is 1.79. The molecule has 1 fully saturated rings. The highest BCUT2D eigenvalue weighted by atomic mass is 16.2. The average molecular weight is 221 g/mol. The standard InChI is InChI=1S/C11H15N3O2/c1-13-6-2-3-9(13)11(16)14-7-4-10(15)12-5-8-14/h2-3,6H,4-5,7-8H2,1H3,(H,12,15). The van der Waals surface area contributed by atoms with E-state index in [-0.39, 0.29) is 11.8 Å². The summed E-state index contributed by atoms with van der Waals surface area (Å²) in [5.41, 5.74) is 0.661. The summed E-state index contributed by atoms with van der Waals surface area (Å²) in [6, 6.07) is 3.64. The Balaban J connectivity index is 2.10. The van der Waals surface area contributed by atoms with E-state index in [1.807, 2.05) is 19.3 Å². The third-order valence-corrected chi connectivity index (χ3v) is 2.76. The first-order valence-corrected chi connectivity index (χ1v) is 5.36. The van der Waals surface area contributed by atoms with E-state index in [1.54, 1.807) is 15.5 Å². The zero-order chi connectivity index (χ0) is 11.5. The molecule has 86 valence electrons. The predicted molar refractivity (Wildman–Crippen MR) is 58.9 cm³/mol. The van der Waals surface area contributed by atoms with Crippen molar-refractivity contribution in [2.24, 2.45) is 7.05 Å². The minimum Gasteiger partial charge on any atom is -0.354 e. The summed E-state index contributed by atoms with van der Waals surface area (Å²) in [6.07, 6.45) is 2.23. The van der Waals surface area contributed by atoms with Crippen LogP contribution in [-0.4, -0.2) is 40.9 Å².